The summed E-state index contributed by atoms with van der Waals surface area (Å²) in [5.74, 6) is 1.77. The molecule has 3 aromatic rings. The van der Waals surface area contributed by atoms with E-state index in [1.54, 1.807) is 13.1 Å². The lowest BCUT2D eigenvalue weighted by Gasteiger charge is -2.18. The molecule has 0 radical (unpaired) electrons. The van der Waals surface area contributed by atoms with Gasteiger partial charge in [0.25, 0.3) is 5.89 Å². The fraction of sp³-hybridized carbons (Fsp3) is 0.263. The van der Waals surface area contributed by atoms with Crippen LogP contribution in [0.15, 0.2) is 53.2 Å². The normalized spacial score (nSPS) is 16.9. The number of pyridine rings is 1. The average molecular weight is 349 g/mol. The maximum absolute atomic E-state index is 12.4. The first kappa shape index (κ1) is 16.3. The minimum absolute atomic E-state index is 0.0103. The number of hydrogen-bond acceptors (Lipinski definition) is 6. The number of amides is 1. The van der Waals surface area contributed by atoms with Gasteiger partial charge >= 0.3 is 0 Å². The van der Waals surface area contributed by atoms with Crippen molar-refractivity contribution in [3.8, 4) is 11.5 Å². The third-order valence-corrected chi connectivity index (χ3v) is 4.34. The smallest absolute Gasteiger partial charge is 0.261 e. The van der Waals surface area contributed by atoms with Crippen LogP contribution in [-0.4, -0.2) is 38.5 Å². The van der Waals surface area contributed by atoms with Gasteiger partial charge in [0.1, 0.15) is 5.82 Å². The van der Waals surface area contributed by atoms with Crippen LogP contribution in [0.3, 0.4) is 0 Å². The van der Waals surface area contributed by atoms with Gasteiger partial charge in [0.05, 0.1) is 11.6 Å². The largest absolute Gasteiger partial charge is 0.364 e. The number of carbonyl (C=O) groups excluding carboxylic acids is 1. The van der Waals surface area contributed by atoms with Crippen LogP contribution in [0.2, 0.25) is 0 Å². The fourth-order valence-electron chi connectivity index (χ4n) is 3.12. The second-order valence-corrected chi connectivity index (χ2v) is 6.35. The predicted octanol–water partition coefficient (Wildman–Crippen LogP) is 2.65. The van der Waals surface area contributed by atoms with Crippen molar-refractivity contribution < 1.29 is 9.32 Å². The molecule has 0 spiro atoms. The molecule has 26 heavy (non-hydrogen) atoms. The molecule has 7 nitrogen and oxygen atoms in total. The SMILES string of the molecule is Cc1noc(-c2cccnc2N[C@@H]2CC(=O)N(Cc3ccccc3)C2)n1. The molecule has 4 rings (SSSR count). The summed E-state index contributed by atoms with van der Waals surface area (Å²) in [6.07, 6.45) is 2.14. The van der Waals surface area contributed by atoms with E-state index < -0.39 is 0 Å². The lowest BCUT2D eigenvalue weighted by molar-refractivity contribution is -0.128. The molecule has 7 heteroatoms. The number of aryl methyl sites for hydroxylation is 1. The second-order valence-electron chi connectivity index (χ2n) is 6.35. The van der Waals surface area contributed by atoms with Gasteiger partial charge in [0, 0.05) is 25.7 Å². The molecule has 0 bridgehead atoms. The number of aromatic nitrogens is 3. The van der Waals surface area contributed by atoms with Crippen molar-refractivity contribution in [1.82, 2.24) is 20.0 Å². The minimum atomic E-state index is -0.0103. The van der Waals surface area contributed by atoms with Gasteiger partial charge in [-0.2, -0.15) is 4.98 Å². The highest BCUT2D eigenvalue weighted by Crippen LogP contribution is 2.26. The standard InChI is InChI=1S/C19H19N5O2/c1-13-21-19(26-23-13)16-8-5-9-20-18(16)22-15-10-17(25)24(12-15)11-14-6-3-2-4-7-14/h2-9,15H,10-12H2,1H3,(H,20,22)/t15-/m1/s1. The molecular formula is C19H19N5O2. The summed E-state index contributed by atoms with van der Waals surface area (Å²) < 4.78 is 5.26. The number of nitrogens with zero attached hydrogens (tertiary/aromatic N) is 4. The molecule has 1 saturated heterocycles. The Bertz CT molecular complexity index is 909. The Balaban J connectivity index is 1.48. The lowest BCUT2D eigenvalue weighted by atomic mass is 10.2. The molecule has 1 aliphatic heterocycles. The Morgan fingerprint density at radius 1 is 1.23 bits per heavy atom. The third kappa shape index (κ3) is 3.42. The molecule has 1 atom stereocenters. The van der Waals surface area contributed by atoms with Crippen LogP contribution < -0.4 is 5.32 Å². The highest BCUT2D eigenvalue weighted by molar-refractivity contribution is 5.80. The molecule has 0 saturated carbocycles. The zero-order chi connectivity index (χ0) is 17.9. The molecule has 132 valence electrons. The highest BCUT2D eigenvalue weighted by Gasteiger charge is 2.30. The van der Waals surface area contributed by atoms with Gasteiger partial charge in [-0.25, -0.2) is 4.98 Å². The van der Waals surface area contributed by atoms with Crippen LogP contribution in [0.5, 0.6) is 0 Å². The minimum Gasteiger partial charge on any atom is -0.364 e. The predicted molar refractivity (Wildman–Crippen MR) is 96.2 cm³/mol. The average Bonchev–Trinajstić information content (AvgIpc) is 3.22. The van der Waals surface area contributed by atoms with Crippen molar-refractivity contribution >= 4 is 11.7 Å². The third-order valence-electron chi connectivity index (χ3n) is 4.34. The number of benzene rings is 1. The maximum Gasteiger partial charge on any atom is 0.261 e. The molecule has 2 aromatic heterocycles. The summed E-state index contributed by atoms with van der Waals surface area (Å²) in [5, 5.41) is 7.19. The molecular weight excluding hydrogens is 330 g/mol. The number of hydrogen-bond donors (Lipinski definition) is 1. The summed E-state index contributed by atoms with van der Waals surface area (Å²) in [7, 11) is 0. The fourth-order valence-corrected chi connectivity index (χ4v) is 3.12. The van der Waals surface area contributed by atoms with E-state index in [1.165, 1.54) is 0 Å². The first-order valence-electron chi connectivity index (χ1n) is 8.53. The van der Waals surface area contributed by atoms with Crippen molar-refractivity contribution in [3.63, 3.8) is 0 Å². The number of carbonyl (C=O) groups is 1. The van der Waals surface area contributed by atoms with Gasteiger partial charge in [-0.1, -0.05) is 35.5 Å². The molecule has 1 fully saturated rings. The van der Waals surface area contributed by atoms with Crippen LogP contribution in [0.4, 0.5) is 5.82 Å². The molecule has 1 amide bonds. The maximum atomic E-state index is 12.4. The van der Waals surface area contributed by atoms with E-state index in [1.807, 2.05) is 47.4 Å². The van der Waals surface area contributed by atoms with Crippen molar-refractivity contribution in [3.05, 3.63) is 60.0 Å². The van der Waals surface area contributed by atoms with E-state index in [2.05, 4.69) is 20.4 Å². The summed E-state index contributed by atoms with van der Waals surface area (Å²) in [6, 6.07) is 13.7. The Morgan fingerprint density at radius 2 is 2.08 bits per heavy atom. The van der Waals surface area contributed by atoms with E-state index >= 15 is 0 Å². The van der Waals surface area contributed by atoms with Crippen molar-refractivity contribution in [1.29, 1.82) is 0 Å². The van der Waals surface area contributed by atoms with Gasteiger partial charge in [-0.05, 0) is 24.6 Å². The highest BCUT2D eigenvalue weighted by atomic mass is 16.5. The Labute approximate surface area is 151 Å². The summed E-state index contributed by atoms with van der Waals surface area (Å²) in [4.78, 5) is 22.9. The monoisotopic (exact) mass is 349 g/mol. The molecule has 3 heterocycles. The zero-order valence-corrected chi connectivity index (χ0v) is 14.4. The molecule has 0 aliphatic carbocycles. The van der Waals surface area contributed by atoms with Gasteiger partial charge in [0.2, 0.25) is 5.91 Å². The summed E-state index contributed by atoms with van der Waals surface area (Å²) >= 11 is 0. The van der Waals surface area contributed by atoms with Crippen LogP contribution in [0.25, 0.3) is 11.5 Å². The molecule has 0 unspecified atom stereocenters. The first-order chi connectivity index (χ1) is 12.7. The Kier molecular flexibility index (Phi) is 4.35. The van der Waals surface area contributed by atoms with E-state index in [4.69, 9.17) is 4.52 Å². The van der Waals surface area contributed by atoms with Crippen LogP contribution in [0, 0.1) is 6.92 Å². The quantitative estimate of drug-likeness (QED) is 0.762. The van der Waals surface area contributed by atoms with Crippen molar-refractivity contribution in [2.45, 2.75) is 25.9 Å². The molecule has 1 aromatic carbocycles. The van der Waals surface area contributed by atoms with Gasteiger partial charge in [-0.15, -0.1) is 0 Å². The number of rotatable bonds is 5. The topological polar surface area (TPSA) is 84.2 Å². The second kappa shape index (κ2) is 6.95. The van der Waals surface area contributed by atoms with Crippen LogP contribution in [0.1, 0.15) is 17.8 Å². The Morgan fingerprint density at radius 3 is 2.85 bits per heavy atom. The summed E-state index contributed by atoms with van der Waals surface area (Å²) in [6.45, 7) is 3.02. The van der Waals surface area contributed by atoms with E-state index in [-0.39, 0.29) is 11.9 Å². The number of anilines is 1. The van der Waals surface area contributed by atoms with Crippen LogP contribution >= 0.6 is 0 Å². The lowest BCUT2D eigenvalue weighted by Crippen LogP contribution is -2.27. The van der Waals surface area contributed by atoms with E-state index in [9.17, 15) is 4.79 Å². The first-order valence-corrected chi connectivity index (χ1v) is 8.53. The number of nitrogens with one attached hydrogen (secondary N) is 1. The van der Waals surface area contributed by atoms with Gasteiger partial charge in [0.15, 0.2) is 5.82 Å². The Hall–Kier alpha value is -3.22. The molecule has 1 aliphatic rings. The molecule has 1 N–H and O–H groups in total. The van der Waals surface area contributed by atoms with E-state index in [0.29, 0.717) is 37.0 Å². The van der Waals surface area contributed by atoms with Crippen molar-refractivity contribution in [2.24, 2.45) is 0 Å². The van der Waals surface area contributed by atoms with Gasteiger partial charge in [-0.3, -0.25) is 4.79 Å². The van der Waals surface area contributed by atoms with E-state index in [0.717, 1.165) is 11.1 Å². The van der Waals surface area contributed by atoms with Gasteiger partial charge < -0.3 is 14.7 Å². The van der Waals surface area contributed by atoms with Crippen LogP contribution in [-0.2, 0) is 11.3 Å². The van der Waals surface area contributed by atoms with Crippen molar-refractivity contribution in [2.75, 3.05) is 11.9 Å². The zero-order valence-electron chi connectivity index (χ0n) is 14.4. The summed E-state index contributed by atoms with van der Waals surface area (Å²) in [5.41, 5.74) is 1.86. The number of likely N-dealkylation sites (tertiary alicyclic amines) is 1.